The van der Waals surface area contributed by atoms with E-state index < -0.39 is 8.32 Å². The molecule has 6 unspecified atom stereocenters. The number of fused-ring (bicyclic) bond motifs is 3. The van der Waals surface area contributed by atoms with Gasteiger partial charge in [-0.05, 0) is 0 Å². The van der Waals surface area contributed by atoms with Gasteiger partial charge in [0.05, 0.1) is 0 Å². The van der Waals surface area contributed by atoms with Crippen molar-refractivity contribution in [2.45, 2.75) is 108 Å². The number of carbonyl (C=O) groups is 1. The Morgan fingerprint density at radius 3 is 2.29 bits per heavy atom. The summed E-state index contributed by atoms with van der Waals surface area (Å²) < 4.78 is 21.3. The predicted molar refractivity (Wildman–Crippen MR) is 178 cm³/mol. The number of methoxy groups -OCH3 is 1. The van der Waals surface area contributed by atoms with Gasteiger partial charge in [0.15, 0.2) is 0 Å². The third-order valence-electron chi connectivity index (χ3n) is 10.2. The van der Waals surface area contributed by atoms with Crippen molar-refractivity contribution in [3.05, 3.63) is 65.8 Å². The van der Waals surface area contributed by atoms with E-state index in [0.29, 0.717) is 35.6 Å². The van der Waals surface area contributed by atoms with Gasteiger partial charge < -0.3 is 0 Å². The van der Waals surface area contributed by atoms with E-state index in [1.165, 1.54) is 21.2 Å². The summed E-state index contributed by atoms with van der Waals surface area (Å²) in [6.07, 6.45) is 7.54. The SMILES string of the molecule is C=C(C)C1C2CC(C)C([Se]c3ccccc3)(OC2OC)C1/C=C(/CO[Si](C(C)C)(C(C)C)C(C)C)CC1=CC(=O)CC1. The van der Waals surface area contributed by atoms with Gasteiger partial charge in [0.25, 0.3) is 0 Å². The molecule has 2 aliphatic carbocycles. The summed E-state index contributed by atoms with van der Waals surface area (Å²) in [5, 5.41) is 0. The molecule has 4 nitrogen and oxygen atoms in total. The molecule has 0 radical (unpaired) electrons. The monoisotopic (exact) mass is 658 g/mol. The van der Waals surface area contributed by atoms with E-state index in [4.69, 9.17) is 13.9 Å². The number of hydrogen-bond donors (Lipinski definition) is 0. The molecule has 6 heteroatoms. The zero-order chi connectivity index (χ0) is 30.8. The van der Waals surface area contributed by atoms with Crippen molar-refractivity contribution in [1.29, 1.82) is 0 Å². The summed E-state index contributed by atoms with van der Waals surface area (Å²) >= 11 is 0.0611. The van der Waals surface area contributed by atoms with Gasteiger partial charge in [-0.2, -0.15) is 0 Å². The number of hydrogen-bond acceptors (Lipinski definition) is 4. The standard InChI is InChI=1S/C36H54O4SeSi/c1-23(2)34-32-18-27(9)36(40-35(32)38-10,41-31-14-12-11-13-15-31)33(34)21-29(19-28-16-17-30(37)20-28)22-39-42(24(3)4,25(5)6)26(7)8/h11-15,20-21,24-27,32-35H,1,16-19,22H2,2-10H3/b29-21+. The molecule has 4 aliphatic rings. The maximum absolute atomic E-state index is 12.3. The Bertz CT molecular complexity index is 1150. The zero-order valence-electron chi connectivity index (χ0n) is 27.4. The second-order valence-electron chi connectivity index (χ2n) is 13.9. The molecule has 1 aromatic carbocycles. The minimum atomic E-state index is -2.08. The number of benzene rings is 1. The molecular formula is C36H54O4SeSi. The zero-order valence-corrected chi connectivity index (χ0v) is 30.2. The Labute approximate surface area is 263 Å². The van der Waals surface area contributed by atoms with E-state index in [2.05, 4.69) is 98.4 Å². The first-order valence-corrected chi connectivity index (χ1v) is 19.9. The average molecular weight is 658 g/mol. The van der Waals surface area contributed by atoms with Crippen LogP contribution < -0.4 is 4.46 Å². The molecule has 42 heavy (non-hydrogen) atoms. The summed E-state index contributed by atoms with van der Waals surface area (Å²) in [6.45, 7) is 23.8. The third kappa shape index (κ3) is 6.55. The Kier molecular flexibility index (Phi) is 11.0. The number of allylic oxidation sites excluding steroid dienone is 3. The quantitative estimate of drug-likeness (QED) is 0.160. The van der Waals surface area contributed by atoms with Gasteiger partial charge in [0, 0.05) is 0 Å². The van der Waals surface area contributed by atoms with E-state index in [0.717, 1.165) is 19.3 Å². The number of ketones is 1. The molecule has 3 fully saturated rings. The summed E-state index contributed by atoms with van der Waals surface area (Å²) in [7, 11) is -0.295. The predicted octanol–water partition coefficient (Wildman–Crippen LogP) is 7.98. The van der Waals surface area contributed by atoms with Crippen LogP contribution in [0.2, 0.25) is 16.6 Å². The molecule has 0 N–H and O–H groups in total. The molecule has 232 valence electrons. The second kappa shape index (κ2) is 13.8. The van der Waals surface area contributed by atoms with Gasteiger partial charge in [-0.15, -0.1) is 0 Å². The number of carbonyl (C=O) groups excluding carboxylic acids is 1. The Morgan fingerprint density at radius 2 is 1.76 bits per heavy atom. The summed E-state index contributed by atoms with van der Waals surface area (Å²) in [4.78, 5) is 12.3. The molecule has 0 aromatic heterocycles. The maximum atomic E-state index is 12.3. The summed E-state index contributed by atoms with van der Waals surface area (Å²) in [6, 6.07) is 10.9. The van der Waals surface area contributed by atoms with Crippen LogP contribution in [0.15, 0.2) is 65.8 Å². The molecular weight excluding hydrogens is 603 g/mol. The van der Waals surface area contributed by atoms with Crippen molar-refractivity contribution in [2.24, 2.45) is 23.7 Å². The second-order valence-corrected chi connectivity index (χ2v) is 22.1. The van der Waals surface area contributed by atoms with Gasteiger partial charge in [0.2, 0.25) is 0 Å². The molecule has 1 aromatic rings. The number of ether oxygens (including phenoxy) is 2. The van der Waals surface area contributed by atoms with Crippen LogP contribution in [0.5, 0.6) is 0 Å². The van der Waals surface area contributed by atoms with Crippen LogP contribution in [-0.4, -0.2) is 53.6 Å². The van der Waals surface area contributed by atoms with Crippen LogP contribution in [0.1, 0.15) is 81.1 Å². The molecule has 2 saturated heterocycles. The van der Waals surface area contributed by atoms with Crippen molar-refractivity contribution in [1.82, 2.24) is 0 Å². The topological polar surface area (TPSA) is 44.8 Å². The Hall–Kier alpha value is -1.27. The van der Waals surface area contributed by atoms with Crippen molar-refractivity contribution < 1.29 is 18.7 Å². The van der Waals surface area contributed by atoms with Gasteiger partial charge in [-0.1, -0.05) is 0 Å². The van der Waals surface area contributed by atoms with E-state index in [1.54, 1.807) is 7.11 Å². The summed E-state index contributed by atoms with van der Waals surface area (Å²) in [5.74, 6) is 1.33. The molecule has 0 amide bonds. The van der Waals surface area contributed by atoms with E-state index >= 15 is 0 Å². The minimum absolute atomic E-state index is 0.0611. The first-order valence-electron chi connectivity index (χ1n) is 16.0. The van der Waals surface area contributed by atoms with E-state index in [-0.39, 0.29) is 49.3 Å². The fourth-order valence-electron chi connectivity index (χ4n) is 8.50. The van der Waals surface area contributed by atoms with Gasteiger partial charge >= 0.3 is 264 Å². The van der Waals surface area contributed by atoms with E-state index in [9.17, 15) is 4.79 Å². The molecule has 2 heterocycles. The third-order valence-corrected chi connectivity index (χ3v) is 19.6. The average Bonchev–Trinajstić information content (AvgIpc) is 3.33. The van der Waals surface area contributed by atoms with Crippen molar-refractivity contribution >= 4 is 33.5 Å². The van der Waals surface area contributed by atoms with Gasteiger partial charge in [0.1, 0.15) is 0 Å². The van der Waals surface area contributed by atoms with Crippen molar-refractivity contribution in [3.63, 3.8) is 0 Å². The van der Waals surface area contributed by atoms with Crippen molar-refractivity contribution in [3.8, 4) is 0 Å². The van der Waals surface area contributed by atoms with Gasteiger partial charge in [-0.3, -0.25) is 0 Å². The molecule has 2 bridgehead atoms. The van der Waals surface area contributed by atoms with Crippen LogP contribution in [0.3, 0.4) is 0 Å². The van der Waals surface area contributed by atoms with Crippen molar-refractivity contribution in [2.75, 3.05) is 13.7 Å². The van der Waals surface area contributed by atoms with Crippen LogP contribution in [0, 0.1) is 23.7 Å². The molecule has 0 spiro atoms. The fraction of sp³-hybridized carbons (Fsp3) is 0.639. The van der Waals surface area contributed by atoms with Gasteiger partial charge in [-0.25, -0.2) is 0 Å². The molecule has 6 atom stereocenters. The van der Waals surface area contributed by atoms with Crippen LogP contribution in [0.25, 0.3) is 0 Å². The number of rotatable bonds is 13. The summed E-state index contributed by atoms with van der Waals surface area (Å²) in [5.41, 5.74) is 5.28. The van der Waals surface area contributed by atoms with Crippen LogP contribution in [-0.2, 0) is 18.7 Å². The Balaban J connectivity index is 1.82. The Morgan fingerprint density at radius 1 is 1.12 bits per heavy atom. The molecule has 1 saturated carbocycles. The van der Waals surface area contributed by atoms with Crippen LogP contribution >= 0.6 is 0 Å². The normalized spacial score (nSPS) is 30.1. The van der Waals surface area contributed by atoms with Crippen LogP contribution in [0.4, 0.5) is 0 Å². The first kappa shape index (κ1) is 33.6. The first-order chi connectivity index (χ1) is 19.8. The fourth-order valence-corrected chi connectivity index (χ4v) is 17.0. The molecule has 2 aliphatic heterocycles. The molecule has 5 rings (SSSR count). The van der Waals surface area contributed by atoms with E-state index in [1.807, 2.05) is 6.08 Å².